The van der Waals surface area contributed by atoms with Crippen LogP contribution in [0.25, 0.3) is 9.88 Å². The highest BCUT2D eigenvalue weighted by molar-refractivity contribution is 7.20. The molecule has 2 aromatic heterocycles. The summed E-state index contributed by atoms with van der Waals surface area (Å²) in [4.78, 5) is 31.7. The van der Waals surface area contributed by atoms with Crippen molar-refractivity contribution in [1.29, 1.82) is 0 Å². The average Bonchev–Trinajstić information content (AvgIpc) is 3.45. The molecular weight excluding hydrogens is 428 g/mol. The lowest BCUT2D eigenvalue weighted by Crippen LogP contribution is -2.39. The van der Waals surface area contributed by atoms with Gasteiger partial charge in [-0.2, -0.15) is 0 Å². The molecule has 1 aromatic carbocycles. The van der Waals surface area contributed by atoms with Gasteiger partial charge in [0.1, 0.15) is 5.01 Å². The number of benzene rings is 1. The van der Waals surface area contributed by atoms with Gasteiger partial charge in [0.05, 0.1) is 17.0 Å². The monoisotopic (exact) mass is 454 g/mol. The van der Waals surface area contributed by atoms with Crippen LogP contribution in [0.1, 0.15) is 24.1 Å². The van der Waals surface area contributed by atoms with E-state index in [1.807, 2.05) is 35.0 Å². The lowest BCUT2D eigenvalue weighted by molar-refractivity contribution is -0.123. The lowest BCUT2D eigenvalue weighted by atomic mass is 9.96. The van der Waals surface area contributed by atoms with Gasteiger partial charge in [0.25, 0.3) is 0 Å². The van der Waals surface area contributed by atoms with Gasteiger partial charge in [-0.1, -0.05) is 18.2 Å². The molecular formula is C23H26N4O2S2. The highest BCUT2D eigenvalue weighted by atomic mass is 32.1. The van der Waals surface area contributed by atoms with Gasteiger partial charge in [-0.05, 0) is 61.5 Å². The maximum atomic E-state index is 12.4. The van der Waals surface area contributed by atoms with E-state index in [0.717, 1.165) is 60.2 Å². The van der Waals surface area contributed by atoms with Gasteiger partial charge >= 0.3 is 0 Å². The van der Waals surface area contributed by atoms with Crippen molar-refractivity contribution in [2.75, 3.05) is 25.0 Å². The van der Waals surface area contributed by atoms with Crippen LogP contribution in [-0.2, 0) is 22.4 Å². The first-order valence-corrected chi connectivity index (χ1v) is 12.2. The maximum absolute atomic E-state index is 12.4. The summed E-state index contributed by atoms with van der Waals surface area (Å²) in [5, 5.41) is 7.89. The van der Waals surface area contributed by atoms with Crippen molar-refractivity contribution in [1.82, 2.24) is 9.88 Å². The van der Waals surface area contributed by atoms with Crippen LogP contribution in [0.2, 0.25) is 0 Å². The van der Waals surface area contributed by atoms with Gasteiger partial charge in [0.15, 0.2) is 0 Å². The molecule has 3 heterocycles. The van der Waals surface area contributed by atoms with E-state index in [1.165, 1.54) is 5.56 Å². The molecule has 3 N–H and O–H groups in total. The van der Waals surface area contributed by atoms with Crippen molar-refractivity contribution in [2.45, 2.75) is 25.7 Å². The van der Waals surface area contributed by atoms with Crippen molar-refractivity contribution in [3.05, 3.63) is 58.4 Å². The minimum absolute atomic E-state index is 0.0331. The molecule has 162 valence electrons. The largest absolute Gasteiger partial charge is 0.369 e. The molecule has 1 saturated heterocycles. The molecule has 1 aliphatic heterocycles. The Morgan fingerprint density at radius 2 is 1.90 bits per heavy atom. The Hall–Kier alpha value is -2.55. The Balaban J connectivity index is 1.22. The predicted molar refractivity (Wildman–Crippen MR) is 126 cm³/mol. The number of primary amides is 1. The van der Waals surface area contributed by atoms with Crippen LogP contribution in [0.3, 0.4) is 0 Å². The molecule has 0 unspecified atom stereocenters. The Labute approximate surface area is 190 Å². The van der Waals surface area contributed by atoms with Crippen LogP contribution >= 0.6 is 22.7 Å². The van der Waals surface area contributed by atoms with E-state index in [2.05, 4.69) is 27.3 Å². The van der Waals surface area contributed by atoms with Gasteiger partial charge in [0.2, 0.25) is 11.8 Å². The second-order valence-electron chi connectivity index (χ2n) is 7.81. The number of aromatic nitrogens is 1. The van der Waals surface area contributed by atoms with Crippen LogP contribution in [0.5, 0.6) is 0 Å². The minimum Gasteiger partial charge on any atom is -0.369 e. The summed E-state index contributed by atoms with van der Waals surface area (Å²) in [7, 11) is 0. The number of amides is 2. The van der Waals surface area contributed by atoms with E-state index in [9.17, 15) is 9.59 Å². The molecule has 1 aliphatic rings. The SMILES string of the molecule is NC(=O)C1CCN(CCc2ccc(NC(=O)Cc3csc(-c4cccs4)n3)cc2)CC1. The fraction of sp³-hybridized carbons (Fsp3) is 0.348. The van der Waals surface area contributed by atoms with Crippen LogP contribution in [0, 0.1) is 5.92 Å². The summed E-state index contributed by atoms with van der Waals surface area (Å²) < 4.78 is 0. The Morgan fingerprint density at radius 1 is 1.13 bits per heavy atom. The second-order valence-corrected chi connectivity index (χ2v) is 9.62. The number of anilines is 1. The number of hydrogen-bond acceptors (Lipinski definition) is 6. The highest BCUT2D eigenvalue weighted by Crippen LogP contribution is 2.28. The van der Waals surface area contributed by atoms with Gasteiger partial charge in [0, 0.05) is 23.5 Å². The van der Waals surface area contributed by atoms with Crippen LogP contribution in [0.4, 0.5) is 5.69 Å². The summed E-state index contributed by atoms with van der Waals surface area (Å²) in [5.41, 5.74) is 8.22. The quantitative estimate of drug-likeness (QED) is 0.542. The number of likely N-dealkylation sites (tertiary alicyclic amines) is 1. The standard InChI is InChI=1S/C23H26N4O2S2/c24-22(29)17-8-11-27(12-9-17)10-7-16-3-5-18(6-4-16)25-21(28)14-19-15-31-23(26-19)20-2-1-13-30-20/h1-6,13,15,17H,7-12,14H2,(H2,24,29)(H,25,28). The number of hydrogen-bond donors (Lipinski definition) is 2. The predicted octanol–water partition coefficient (Wildman–Crippen LogP) is 3.79. The zero-order chi connectivity index (χ0) is 21.6. The number of thiophene rings is 1. The van der Waals surface area contributed by atoms with Crippen molar-refractivity contribution in [2.24, 2.45) is 11.7 Å². The third-order valence-electron chi connectivity index (χ3n) is 5.57. The zero-order valence-electron chi connectivity index (χ0n) is 17.3. The fourth-order valence-electron chi connectivity index (χ4n) is 3.75. The Bertz CT molecular complexity index is 1010. The zero-order valence-corrected chi connectivity index (χ0v) is 18.9. The number of carbonyl (C=O) groups is 2. The first-order valence-electron chi connectivity index (χ1n) is 10.5. The number of nitrogens with one attached hydrogen (secondary N) is 1. The smallest absolute Gasteiger partial charge is 0.230 e. The highest BCUT2D eigenvalue weighted by Gasteiger charge is 2.22. The van der Waals surface area contributed by atoms with E-state index < -0.39 is 0 Å². The number of nitrogens with two attached hydrogens (primary N) is 1. The van der Waals surface area contributed by atoms with E-state index in [-0.39, 0.29) is 24.2 Å². The average molecular weight is 455 g/mol. The summed E-state index contributed by atoms with van der Waals surface area (Å²) >= 11 is 3.22. The van der Waals surface area contributed by atoms with Crippen molar-refractivity contribution >= 4 is 40.2 Å². The number of piperidine rings is 1. The fourth-order valence-corrected chi connectivity index (χ4v) is 5.39. The van der Waals surface area contributed by atoms with Gasteiger partial charge < -0.3 is 16.0 Å². The number of carbonyl (C=O) groups excluding carboxylic acids is 2. The van der Waals surface area contributed by atoms with E-state index in [0.29, 0.717) is 0 Å². The minimum atomic E-state index is -0.171. The molecule has 0 atom stereocenters. The molecule has 6 nitrogen and oxygen atoms in total. The third kappa shape index (κ3) is 6.00. The maximum Gasteiger partial charge on any atom is 0.230 e. The van der Waals surface area contributed by atoms with Crippen molar-refractivity contribution < 1.29 is 9.59 Å². The summed E-state index contributed by atoms with van der Waals surface area (Å²) in [6.45, 7) is 2.81. The summed E-state index contributed by atoms with van der Waals surface area (Å²) in [6.07, 6.45) is 2.92. The number of rotatable bonds is 8. The van der Waals surface area contributed by atoms with Crippen LogP contribution in [-0.4, -0.2) is 41.3 Å². The molecule has 3 aromatic rings. The lowest BCUT2D eigenvalue weighted by Gasteiger charge is -2.30. The molecule has 31 heavy (non-hydrogen) atoms. The van der Waals surface area contributed by atoms with Crippen molar-refractivity contribution in [3.63, 3.8) is 0 Å². The van der Waals surface area contributed by atoms with Gasteiger partial charge in [-0.15, -0.1) is 22.7 Å². The first kappa shape index (κ1) is 21.7. The number of thiazole rings is 1. The molecule has 0 radical (unpaired) electrons. The summed E-state index contributed by atoms with van der Waals surface area (Å²) in [5.74, 6) is -0.200. The number of nitrogens with zero attached hydrogens (tertiary/aromatic N) is 2. The van der Waals surface area contributed by atoms with Gasteiger partial charge in [-0.3, -0.25) is 9.59 Å². The second kappa shape index (κ2) is 10.2. The summed E-state index contributed by atoms with van der Waals surface area (Å²) in [6, 6.07) is 12.1. The molecule has 2 amide bonds. The molecule has 0 bridgehead atoms. The Kier molecular flexibility index (Phi) is 7.11. The van der Waals surface area contributed by atoms with E-state index >= 15 is 0 Å². The molecule has 1 fully saturated rings. The third-order valence-corrected chi connectivity index (χ3v) is 7.50. The van der Waals surface area contributed by atoms with Crippen molar-refractivity contribution in [3.8, 4) is 9.88 Å². The topological polar surface area (TPSA) is 88.3 Å². The van der Waals surface area contributed by atoms with Gasteiger partial charge in [-0.25, -0.2) is 4.98 Å². The van der Waals surface area contributed by atoms with E-state index in [4.69, 9.17) is 5.73 Å². The molecule has 0 spiro atoms. The Morgan fingerprint density at radius 3 is 2.58 bits per heavy atom. The molecule has 4 rings (SSSR count). The normalized spacial score (nSPS) is 15.1. The van der Waals surface area contributed by atoms with Crippen LogP contribution in [0.15, 0.2) is 47.2 Å². The molecule has 0 saturated carbocycles. The first-order chi connectivity index (χ1) is 15.1. The molecule has 8 heteroatoms. The van der Waals surface area contributed by atoms with Crippen LogP contribution < -0.4 is 11.1 Å². The molecule has 0 aliphatic carbocycles. The van der Waals surface area contributed by atoms with E-state index in [1.54, 1.807) is 22.7 Å².